The van der Waals surface area contributed by atoms with Gasteiger partial charge in [-0.1, -0.05) is 36.4 Å². The molecule has 0 saturated carbocycles. The van der Waals surface area contributed by atoms with E-state index in [4.69, 9.17) is 4.74 Å². The van der Waals surface area contributed by atoms with Gasteiger partial charge in [0.1, 0.15) is 11.4 Å². The van der Waals surface area contributed by atoms with Crippen molar-refractivity contribution in [2.24, 2.45) is 0 Å². The van der Waals surface area contributed by atoms with Crippen LogP contribution >= 0.6 is 0 Å². The molecule has 0 bridgehead atoms. The number of carboxylic acid groups (broad SMARTS) is 1. The Hall–Kier alpha value is -4.68. The standard InChI is InChI=1S/C15H12N2O3.C14H10N2O3.Na.H2O/c1-20-14(18)13-10-12-8-5-9-16(12)15(19)17(13)11-6-3-2-4-7-11;17-13(18)12-9-11-7-4-8-15(11)14(19)16(12)10-5-2-1-3-6-10;;/h2-10H,1H3;1-9H,(H,17,18);;1H2/q;;+1;/p-1. The zero-order valence-electron chi connectivity index (χ0n) is 22.1. The maximum atomic E-state index is 12.5. The van der Waals surface area contributed by atoms with Crippen LogP contribution in [0.5, 0.6) is 0 Å². The zero-order chi connectivity index (χ0) is 27.5. The van der Waals surface area contributed by atoms with Gasteiger partial charge in [0.2, 0.25) is 0 Å². The van der Waals surface area contributed by atoms with Crippen LogP contribution in [0.1, 0.15) is 21.0 Å². The van der Waals surface area contributed by atoms with Gasteiger partial charge in [-0.3, -0.25) is 17.9 Å². The second-order valence-corrected chi connectivity index (χ2v) is 8.37. The fourth-order valence-corrected chi connectivity index (χ4v) is 4.27. The Morgan fingerprint density at radius 3 is 1.49 bits per heavy atom. The van der Waals surface area contributed by atoms with Crippen molar-refractivity contribution in [1.82, 2.24) is 17.9 Å². The SMILES string of the molecule is COC(=O)c1cc2cccn2c(=O)n1-c1ccccc1.O=C(O)c1cc2cccn2c(=O)n1-c1ccccc1.[Na+].[OH-]. The van der Waals surface area contributed by atoms with Crippen molar-refractivity contribution in [3.05, 3.63) is 142 Å². The first kappa shape index (κ1) is 30.9. The van der Waals surface area contributed by atoms with E-state index in [1.807, 2.05) is 24.3 Å². The Labute approximate surface area is 254 Å². The molecule has 41 heavy (non-hydrogen) atoms. The minimum atomic E-state index is -1.13. The largest absolute Gasteiger partial charge is 1.00 e. The normalized spacial score (nSPS) is 10.2. The molecule has 0 unspecified atom stereocenters. The Bertz CT molecular complexity index is 1940. The number of nitrogens with zero attached hydrogens (tertiary/aromatic N) is 4. The summed E-state index contributed by atoms with van der Waals surface area (Å²) in [6, 6.07) is 27.8. The van der Waals surface area contributed by atoms with E-state index in [2.05, 4.69) is 0 Å². The molecule has 0 aliphatic heterocycles. The van der Waals surface area contributed by atoms with E-state index in [1.54, 1.807) is 79.1 Å². The quantitative estimate of drug-likeness (QED) is 0.243. The third-order valence-corrected chi connectivity index (χ3v) is 6.05. The average Bonchev–Trinajstić information content (AvgIpc) is 3.64. The summed E-state index contributed by atoms with van der Waals surface area (Å²) < 4.78 is 10.2. The summed E-state index contributed by atoms with van der Waals surface area (Å²) in [5.74, 6) is -1.68. The first-order valence-corrected chi connectivity index (χ1v) is 11.8. The summed E-state index contributed by atoms with van der Waals surface area (Å²) >= 11 is 0. The molecule has 0 radical (unpaired) electrons. The molecule has 0 saturated heterocycles. The second kappa shape index (κ2) is 13.1. The first-order chi connectivity index (χ1) is 18.9. The van der Waals surface area contributed by atoms with Crippen molar-refractivity contribution in [1.29, 1.82) is 0 Å². The first-order valence-electron chi connectivity index (χ1n) is 11.8. The van der Waals surface area contributed by atoms with E-state index < -0.39 is 17.6 Å². The molecule has 12 heteroatoms. The predicted octanol–water partition coefficient (Wildman–Crippen LogP) is 0.492. The van der Waals surface area contributed by atoms with Crippen LogP contribution < -0.4 is 40.9 Å². The summed E-state index contributed by atoms with van der Waals surface area (Å²) in [6.45, 7) is 0. The van der Waals surface area contributed by atoms with Gasteiger partial charge >= 0.3 is 52.9 Å². The number of carbonyl (C=O) groups is 2. The molecular formula is C29H23N4NaO7. The van der Waals surface area contributed by atoms with Crippen molar-refractivity contribution in [3.63, 3.8) is 0 Å². The molecule has 2 N–H and O–H groups in total. The smallest absolute Gasteiger partial charge is 0.870 e. The van der Waals surface area contributed by atoms with Crippen molar-refractivity contribution in [3.8, 4) is 11.4 Å². The van der Waals surface area contributed by atoms with Gasteiger partial charge in [0.15, 0.2) is 0 Å². The molecule has 0 atom stereocenters. The van der Waals surface area contributed by atoms with E-state index in [1.165, 1.54) is 31.1 Å². The van der Waals surface area contributed by atoms with Crippen LogP contribution in [-0.4, -0.2) is 47.6 Å². The van der Waals surface area contributed by atoms with E-state index in [0.29, 0.717) is 22.4 Å². The Morgan fingerprint density at radius 1 is 0.659 bits per heavy atom. The van der Waals surface area contributed by atoms with Crippen molar-refractivity contribution in [2.75, 3.05) is 7.11 Å². The number of rotatable bonds is 4. The fraction of sp³-hybridized carbons (Fsp3) is 0.0345. The molecule has 6 aromatic rings. The number of methoxy groups -OCH3 is 1. The van der Waals surface area contributed by atoms with E-state index >= 15 is 0 Å². The van der Waals surface area contributed by atoms with Crippen LogP contribution in [0.15, 0.2) is 119 Å². The summed E-state index contributed by atoms with van der Waals surface area (Å²) in [5, 5.41) is 9.28. The molecule has 202 valence electrons. The third-order valence-electron chi connectivity index (χ3n) is 6.05. The van der Waals surface area contributed by atoms with Crippen LogP contribution in [0.2, 0.25) is 0 Å². The molecule has 0 amide bonds. The second-order valence-electron chi connectivity index (χ2n) is 8.37. The monoisotopic (exact) mass is 562 g/mol. The van der Waals surface area contributed by atoms with E-state index in [-0.39, 0.29) is 52.1 Å². The number of carbonyl (C=O) groups excluding carboxylic acids is 1. The van der Waals surface area contributed by atoms with Gasteiger partial charge in [-0.05, 0) is 60.7 Å². The number of hydrogen-bond donors (Lipinski definition) is 1. The number of aromatic nitrogens is 4. The molecular weight excluding hydrogens is 539 g/mol. The van der Waals surface area contributed by atoms with Crippen LogP contribution in [0, 0.1) is 0 Å². The summed E-state index contributed by atoms with van der Waals surface area (Å²) in [4.78, 5) is 48.2. The van der Waals surface area contributed by atoms with Gasteiger partial charge in [0.05, 0.1) is 29.5 Å². The topological polar surface area (TPSA) is 146 Å². The minimum absolute atomic E-state index is 0. The van der Waals surface area contributed by atoms with Gasteiger partial charge < -0.3 is 15.3 Å². The third kappa shape index (κ3) is 5.93. The van der Waals surface area contributed by atoms with Gasteiger partial charge in [0.25, 0.3) is 0 Å². The number of esters is 1. The summed E-state index contributed by atoms with van der Waals surface area (Å²) in [5.41, 5.74) is 1.81. The number of fused-ring (bicyclic) bond motifs is 2. The zero-order valence-corrected chi connectivity index (χ0v) is 24.1. The molecule has 6 rings (SSSR count). The van der Waals surface area contributed by atoms with Crippen molar-refractivity contribution in [2.45, 2.75) is 0 Å². The van der Waals surface area contributed by atoms with Crippen LogP contribution in [0.3, 0.4) is 0 Å². The summed E-state index contributed by atoms with van der Waals surface area (Å²) in [7, 11) is 1.30. The van der Waals surface area contributed by atoms with Crippen molar-refractivity contribution >= 4 is 23.0 Å². The molecule has 0 aliphatic rings. The molecule has 0 aliphatic carbocycles. The summed E-state index contributed by atoms with van der Waals surface area (Å²) in [6.07, 6.45) is 3.28. The maximum absolute atomic E-state index is 12.5. The number of benzene rings is 2. The van der Waals surface area contributed by atoms with Gasteiger partial charge in [-0.15, -0.1) is 0 Å². The molecule has 0 fully saturated rings. The molecule has 4 aromatic heterocycles. The Kier molecular flexibility index (Phi) is 9.87. The number of carboxylic acids is 1. The van der Waals surface area contributed by atoms with Crippen LogP contribution in [0.25, 0.3) is 22.4 Å². The molecule has 11 nitrogen and oxygen atoms in total. The number of ether oxygens (including phenoxy) is 1. The average molecular weight is 563 g/mol. The predicted molar refractivity (Wildman–Crippen MR) is 146 cm³/mol. The molecule has 0 spiro atoms. The Morgan fingerprint density at radius 2 is 1.07 bits per heavy atom. The number of hydrogen-bond acceptors (Lipinski definition) is 6. The fourth-order valence-electron chi connectivity index (χ4n) is 4.27. The van der Waals surface area contributed by atoms with Crippen LogP contribution in [-0.2, 0) is 4.74 Å². The maximum Gasteiger partial charge on any atom is 1.00 e. The van der Waals surface area contributed by atoms with Crippen LogP contribution in [0.4, 0.5) is 0 Å². The number of para-hydroxylation sites is 2. The van der Waals surface area contributed by atoms with E-state index in [9.17, 15) is 24.3 Å². The van der Waals surface area contributed by atoms with E-state index in [0.717, 1.165) is 0 Å². The van der Waals surface area contributed by atoms with Gasteiger partial charge in [0, 0.05) is 12.4 Å². The number of aromatic carboxylic acids is 1. The van der Waals surface area contributed by atoms with Gasteiger partial charge in [-0.2, -0.15) is 0 Å². The molecule has 2 aromatic carbocycles. The molecule has 4 heterocycles. The minimum Gasteiger partial charge on any atom is -0.870 e. The van der Waals surface area contributed by atoms with Gasteiger partial charge in [-0.25, -0.2) is 19.2 Å². The van der Waals surface area contributed by atoms with Crippen molar-refractivity contribution < 1.29 is 54.5 Å². The Balaban J connectivity index is 0.000000215.